The van der Waals surface area contributed by atoms with Gasteiger partial charge in [0.2, 0.25) is 0 Å². The second kappa shape index (κ2) is 7.54. The van der Waals surface area contributed by atoms with Crippen molar-refractivity contribution in [2.45, 2.75) is 27.0 Å². The van der Waals surface area contributed by atoms with Gasteiger partial charge in [0.05, 0.1) is 17.9 Å². The molecule has 0 saturated carbocycles. The number of aromatic nitrogens is 1. The zero-order valence-corrected chi connectivity index (χ0v) is 16.6. The topological polar surface area (TPSA) is 45.7 Å². The fourth-order valence-electron chi connectivity index (χ4n) is 3.55. The molecule has 3 aromatic rings. The smallest absolute Gasteiger partial charge is 0.329 e. The number of ether oxygens (including phenoxy) is 1. The molecule has 0 radical (unpaired) electrons. The second-order valence-corrected chi connectivity index (χ2v) is 7.17. The Labute approximate surface area is 169 Å². The molecule has 0 N–H and O–H groups in total. The Morgan fingerprint density at radius 3 is 2.69 bits per heavy atom. The molecule has 2 amide bonds. The molecule has 1 aromatic heterocycles. The summed E-state index contributed by atoms with van der Waals surface area (Å²) in [5.41, 5.74) is 5.17. The van der Waals surface area contributed by atoms with Gasteiger partial charge < -0.3 is 4.74 Å². The highest BCUT2D eigenvalue weighted by Crippen LogP contribution is 2.35. The van der Waals surface area contributed by atoms with Crippen LogP contribution in [0, 0.1) is 19.7 Å². The number of carbonyl (C=O) groups is 1. The lowest BCUT2D eigenvalue weighted by Crippen LogP contribution is -2.45. The lowest BCUT2D eigenvalue weighted by atomic mass is 10.0. The number of anilines is 2. The third-order valence-electron chi connectivity index (χ3n) is 5.26. The van der Waals surface area contributed by atoms with Gasteiger partial charge in [-0.3, -0.25) is 14.8 Å². The molecule has 5 nitrogen and oxygen atoms in total. The molecule has 6 heteroatoms. The lowest BCUT2D eigenvalue weighted by Gasteiger charge is -2.36. The average molecular weight is 391 g/mol. The predicted molar refractivity (Wildman–Crippen MR) is 111 cm³/mol. The minimum absolute atomic E-state index is 0.0188. The monoisotopic (exact) mass is 391 g/mol. The van der Waals surface area contributed by atoms with E-state index in [4.69, 9.17) is 4.74 Å². The summed E-state index contributed by atoms with van der Waals surface area (Å²) in [6, 6.07) is 14.3. The molecule has 0 spiro atoms. The van der Waals surface area contributed by atoms with E-state index in [2.05, 4.69) is 18.0 Å². The van der Waals surface area contributed by atoms with E-state index in [0.717, 1.165) is 28.1 Å². The van der Waals surface area contributed by atoms with Gasteiger partial charge in [0.25, 0.3) is 0 Å². The molecule has 2 heterocycles. The number of hydrogen-bond donors (Lipinski definition) is 0. The Balaban J connectivity index is 1.63. The molecule has 0 aliphatic carbocycles. The van der Waals surface area contributed by atoms with Crippen LogP contribution in [0.3, 0.4) is 0 Å². The third-order valence-corrected chi connectivity index (χ3v) is 5.26. The molecular weight excluding hydrogens is 369 g/mol. The van der Waals surface area contributed by atoms with E-state index in [1.807, 2.05) is 37.3 Å². The van der Waals surface area contributed by atoms with Crippen molar-refractivity contribution < 1.29 is 13.9 Å². The van der Waals surface area contributed by atoms with Gasteiger partial charge in [-0.2, -0.15) is 0 Å². The molecule has 0 fully saturated rings. The number of fused-ring (bicyclic) bond motifs is 1. The van der Waals surface area contributed by atoms with E-state index in [1.165, 1.54) is 12.3 Å². The van der Waals surface area contributed by atoms with Crippen LogP contribution in [0.4, 0.5) is 20.6 Å². The maximum atomic E-state index is 13.8. The van der Waals surface area contributed by atoms with E-state index in [1.54, 1.807) is 22.9 Å². The molecule has 0 atom stereocenters. The maximum Gasteiger partial charge on any atom is 0.329 e. The molecule has 2 aromatic carbocycles. The lowest BCUT2D eigenvalue weighted by molar-refractivity contribution is 0.251. The molecule has 148 valence electrons. The largest absolute Gasteiger partial charge is 0.487 e. The first-order chi connectivity index (χ1) is 14.0. The summed E-state index contributed by atoms with van der Waals surface area (Å²) in [6.45, 7) is 4.52. The van der Waals surface area contributed by atoms with Gasteiger partial charge in [0.15, 0.2) is 0 Å². The van der Waals surface area contributed by atoms with Gasteiger partial charge in [-0.05, 0) is 54.8 Å². The summed E-state index contributed by atoms with van der Waals surface area (Å²) in [7, 11) is 1.78. The Morgan fingerprint density at radius 2 is 1.90 bits per heavy atom. The van der Waals surface area contributed by atoms with Crippen LogP contribution in [0.15, 0.2) is 54.7 Å². The fraction of sp³-hybridized carbons (Fsp3) is 0.217. The molecular formula is C23H22FN3O2. The highest BCUT2D eigenvalue weighted by Gasteiger charge is 2.30. The molecule has 4 rings (SSSR count). The van der Waals surface area contributed by atoms with Crippen LogP contribution in [0.1, 0.15) is 22.4 Å². The molecule has 0 unspecified atom stereocenters. The van der Waals surface area contributed by atoms with Gasteiger partial charge in [0, 0.05) is 19.3 Å². The average Bonchev–Trinajstić information content (AvgIpc) is 2.72. The number of urea groups is 1. The van der Waals surface area contributed by atoms with Gasteiger partial charge in [0.1, 0.15) is 23.9 Å². The SMILES string of the molecule is Cc1ccc(OCc2ncccc2F)cc1N1Cc2c(C)cccc2N(C)C1=O. The molecule has 0 bridgehead atoms. The Morgan fingerprint density at radius 1 is 1.07 bits per heavy atom. The highest BCUT2D eigenvalue weighted by molar-refractivity contribution is 6.06. The minimum atomic E-state index is -0.403. The first-order valence-electron chi connectivity index (χ1n) is 9.42. The van der Waals surface area contributed by atoms with Crippen molar-refractivity contribution in [3.63, 3.8) is 0 Å². The van der Waals surface area contributed by atoms with Crippen molar-refractivity contribution in [1.82, 2.24) is 4.98 Å². The number of halogens is 1. The van der Waals surface area contributed by atoms with Crippen LogP contribution >= 0.6 is 0 Å². The van der Waals surface area contributed by atoms with E-state index in [9.17, 15) is 9.18 Å². The predicted octanol–water partition coefficient (Wildman–Crippen LogP) is 4.99. The highest BCUT2D eigenvalue weighted by atomic mass is 19.1. The first kappa shape index (κ1) is 18.9. The zero-order chi connectivity index (χ0) is 20.5. The van der Waals surface area contributed by atoms with Crippen molar-refractivity contribution >= 4 is 17.4 Å². The summed E-state index contributed by atoms with van der Waals surface area (Å²) in [6.07, 6.45) is 1.53. The first-order valence-corrected chi connectivity index (χ1v) is 9.42. The van der Waals surface area contributed by atoms with Crippen molar-refractivity contribution in [1.29, 1.82) is 0 Å². The molecule has 1 aliphatic heterocycles. The summed E-state index contributed by atoms with van der Waals surface area (Å²) < 4.78 is 19.6. The quantitative estimate of drug-likeness (QED) is 0.629. The van der Waals surface area contributed by atoms with Crippen LogP contribution in [0.25, 0.3) is 0 Å². The number of benzene rings is 2. The summed E-state index contributed by atoms with van der Waals surface area (Å²) in [5, 5.41) is 0. The van der Waals surface area contributed by atoms with Gasteiger partial charge in [-0.25, -0.2) is 9.18 Å². The fourth-order valence-corrected chi connectivity index (χ4v) is 3.55. The number of carbonyl (C=O) groups excluding carboxylic acids is 1. The number of hydrogen-bond acceptors (Lipinski definition) is 3. The van der Waals surface area contributed by atoms with Crippen LogP contribution in [0.5, 0.6) is 5.75 Å². The van der Waals surface area contributed by atoms with E-state index >= 15 is 0 Å². The summed E-state index contributed by atoms with van der Waals surface area (Å²) >= 11 is 0. The minimum Gasteiger partial charge on any atom is -0.487 e. The Kier molecular flexibility index (Phi) is 4.92. The van der Waals surface area contributed by atoms with Crippen LogP contribution in [-0.2, 0) is 13.2 Å². The van der Waals surface area contributed by atoms with Crippen molar-refractivity contribution in [3.8, 4) is 5.75 Å². The van der Waals surface area contributed by atoms with Crippen molar-refractivity contribution in [2.24, 2.45) is 0 Å². The van der Waals surface area contributed by atoms with E-state index in [0.29, 0.717) is 12.3 Å². The second-order valence-electron chi connectivity index (χ2n) is 7.17. The number of rotatable bonds is 4. The van der Waals surface area contributed by atoms with Gasteiger partial charge in [-0.15, -0.1) is 0 Å². The van der Waals surface area contributed by atoms with Crippen LogP contribution in [0.2, 0.25) is 0 Å². The molecule has 0 saturated heterocycles. The normalized spacial score (nSPS) is 13.4. The number of aryl methyl sites for hydroxylation is 2. The number of pyridine rings is 1. The van der Waals surface area contributed by atoms with Crippen molar-refractivity contribution in [2.75, 3.05) is 16.8 Å². The number of amides is 2. The zero-order valence-electron chi connectivity index (χ0n) is 16.6. The van der Waals surface area contributed by atoms with Crippen LogP contribution < -0.4 is 14.5 Å². The third kappa shape index (κ3) is 3.53. The van der Waals surface area contributed by atoms with E-state index < -0.39 is 5.82 Å². The Hall–Kier alpha value is -3.41. The molecule has 29 heavy (non-hydrogen) atoms. The van der Waals surface area contributed by atoms with Crippen molar-refractivity contribution in [3.05, 3.63) is 82.9 Å². The van der Waals surface area contributed by atoms with Crippen LogP contribution in [-0.4, -0.2) is 18.1 Å². The van der Waals surface area contributed by atoms with Gasteiger partial charge in [-0.1, -0.05) is 18.2 Å². The Bertz CT molecular complexity index is 1080. The number of nitrogens with zero attached hydrogens (tertiary/aromatic N) is 3. The molecule has 1 aliphatic rings. The summed E-state index contributed by atoms with van der Waals surface area (Å²) in [5.74, 6) is 0.154. The summed E-state index contributed by atoms with van der Waals surface area (Å²) in [4.78, 5) is 20.5. The van der Waals surface area contributed by atoms with Gasteiger partial charge >= 0.3 is 6.03 Å². The van der Waals surface area contributed by atoms with E-state index in [-0.39, 0.29) is 18.3 Å². The maximum absolute atomic E-state index is 13.8. The standard InChI is InChI=1S/C23H22FN3O2/c1-15-6-4-8-21-18(15)13-27(23(28)26(21)3)22-12-17(10-9-16(22)2)29-14-20-19(24)7-5-11-25-20/h4-12H,13-14H2,1-3H3.